The molecule has 1 atom stereocenters. The monoisotopic (exact) mass is 270 g/mol. The van der Waals surface area contributed by atoms with Gasteiger partial charge in [-0.1, -0.05) is 20.8 Å². The SMILES string of the molecule is CC(C)(C)N[C@@H](CCCN=C(N)N)C(=O)C(C)(C)C. The third kappa shape index (κ3) is 8.59. The maximum absolute atomic E-state index is 12.4. The molecule has 0 radical (unpaired) electrons. The van der Waals surface area contributed by atoms with E-state index in [1.807, 2.05) is 20.8 Å². The Kier molecular flexibility index (Phi) is 6.49. The molecule has 0 aromatic rings. The highest BCUT2D eigenvalue weighted by Gasteiger charge is 2.31. The van der Waals surface area contributed by atoms with Gasteiger partial charge in [0.25, 0.3) is 0 Å². The molecule has 5 nitrogen and oxygen atoms in total. The summed E-state index contributed by atoms with van der Waals surface area (Å²) in [6, 6.07) is -0.158. The summed E-state index contributed by atoms with van der Waals surface area (Å²) in [4.78, 5) is 16.4. The lowest BCUT2D eigenvalue weighted by Gasteiger charge is -2.31. The van der Waals surface area contributed by atoms with E-state index in [1.54, 1.807) is 0 Å². The molecule has 0 bridgehead atoms. The van der Waals surface area contributed by atoms with Crippen LogP contribution in [0.4, 0.5) is 0 Å². The highest BCUT2D eigenvalue weighted by Crippen LogP contribution is 2.20. The first-order valence-corrected chi connectivity index (χ1v) is 6.81. The summed E-state index contributed by atoms with van der Waals surface area (Å²) in [6.07, 6.45) is 1.53. The van der Waals surface area contributed by atoms with Gasteiger partial charge in [-0.05, 0) is 33.6 Å². The molecule has 0 unspecified atom stereocenters. The lowest BCUT2D eigenvalue weighted by atomic mass is 9.84. The van der Waals surface area contributed by atoms with Crippen LogP contribution in [0.3, 0.4) is 0 Å². The smallest absolute Gasteiger partial charge is 0.185 e. The number of rotatable bonds is 6. The van der Waals surface area contributed by atoms with Gasteiger partial charge in [-0.2, -0.15) is 0 Å². The molecular formula is C14H30N4O. The minimum Gasteiger partial charge on any atom is -0.370 e. The standard InChI is InChI=1S/C14H30N4O/c1-13(2,3)11(19)10(18-14(4,5)6)8-7-9-17-12(15)16/h10,18H,7-9H2,1-6H3,(H4,15,16,17)/t10-/m0/s1. The molecule has 0 saturated heterocycles. The Balaban J connectivity index is 4.61. The fourth-order valence-corrected chi connectivity index (χ4v) is 1.82. The molecule has 0 spiro atoms. The van der Waals surface area contributed by atoms with Crippen LogP contribution in [0.1, 0.15) is 54.4 Å². The number of nitrogens with one attached hydrogen (secondary N) is 1. The predicted molar refractivity (Wildman–Crippen MR) is 81.0 cm³/mol. The molecule has 112 valence electrons. The van der Waals surface area contributed by atoms with Crippen molar-refractivity contribution in [1.29, 1.82) is 0 Å². The molecule has 0 rings (SSSR count). The van der Waals surface area contributed by atoms with Crippen molar-refractivity contribution in [1.82, 2.24) is 5.32 Å². The number of hydrogen-bond acceptors (Lipinski definition) is 3. The van der Waals surface area contributed by atoms with E-state index in [-0.39, 0.29) is 28.7 Å². The first kappa shape index (κ1) is 17.9. The van der Waals surface area contributed by atoms with Crippen LogP contribution in [0.15, 0.2) is 4.99 Å². The summed E-state index contributed by atoms with van der Waals surface area (Å²) < 4.78 is 0. The van der Waals surface area contributed by atoms with E-state index in [0.29, 0.717) is 6.54 Å². The number of carbonyl (C=O) groups is 1. The number of ketones is 1. The Morgan fingerprint density at radius 2 is 1.68 bits per heavy atom. The Morgan fingerprint density at radius 3 is 2.05 bits per heavy atom. The zero-order valence-corrected chi connectivity index (χ0v) is 13.2. The number of hydrogen-bond donors (Lipinski definition) is 3. The van der Waals surface area contributed by atoms with Gasteiger partial charge in [0.05, 0.1) is 6.04 Å². The Bertz CT molecular complexity index is 319. The van der Waals surface area contributed by atoms with Crippen molar-refractivity contribution in [2.24, 2.45) is 21.9 Å². The average Bonchev–Trinajstić information content (AvgIpc) is 2.18. The lowest BCUT2D eigenvalue weighted by molar-refractivity contribution is -0.129. The van der Waals surface area contributed by atoms with Gasteiger partial charge in [0.15, 0.2) is 11.7 Å². The van der Waals surface area contributed by atoms with E-state index in [0.717, 1.165) is 12.8 Å². The first-order chi connectivity index (χ1) is 8.43. The fraction of sp³-hybridized carbons (Fsp3) is 0.857. The van der Waals surface area contributed by atoms with E-state index < -0.39 is 0 Å². The van der Waals surface area contributed by atoms with Crippen molar-refractivity contribution < 1.29 is 4.79 Å². The van der Waals surface area contributed by atoms with E-state index in [4.69, 9.17) is 11.5 Å². The molecule has 5 heteroatoms. The molecule has 19 heavy (non-hydrogen) atoms. The lowest BCUT2D eigenvalue weighted by Crippen LogP contribution is -2.50. The van der Waals surface area contributed by atoms with Gasteiger partial charge in [-0.15, -0.1) is 0 Å². The second-order valence-electron chi connectivity index (χ2n) is 7.01. The van der Waals surface area contributed by atoms with Crippen LogP contribution in [-0.4, -0.2) is 29.9 Å². The van der Waals surface area contributed by atoms with Crippen LogP contribution < -0.4 is 16.8 Å². The van der Waals surface area contributed by atoms with Gasteiger partial charge in [0, 0.05) is 17.5 Å². The third-order valence-corrected chi connectivity index (χ3v) is 2.61. The second-order valence-corrected chi connectivity index (χ2v) is 7.01. The van der Waals surface area contributed by atoms with Crippen molar-refractivity contribution >= 4 is 11.7 Å². The molecule has 0 aliphatic carbocycles. The number of nitrogens with zero attached hydrogens (tertiary/aromatic N) is 1. The summed E-state index contributed by atoms with van der Waals surface area (Å²) in [5.41, 5.74) is 10.1. The van der Waals surface area contributed by atoms with Gasteiger partial charge in [-0.25, -0.2) is 0 Å². The maximum atomic E-state index is 12.4. The van der Waals surface area contributed by atoms with Gasteiger partial charge >= 0.3 is 0 Å². The molecule has 0 heterocycles. The van der Waals surface area contributed by atoms with E-state index in [1.165, 1.54) is 0 Å². The highest BCUT2D eigenvalue weighted by molar-refractivity contribution is 5.88. The van der Waals surface area contributed by atoms with Crippen molar-refractivity contribution in [3.05, 3.63) is 0 Å². The molecule has 0 saturated carbocycles. The number of Topliss-reactive ketones (excluding diaryl/α,β-unsaturated/α-hetero) is 1. The van der Waals surface area contributed by atoms with Crippen LogP contribution >= 0.6 is 0 Å². The van der Waals surface area contributed by atoms with E-state index in [2.05, 4.69) is 31.1 Å². The highest BCUT2D eigenvalue weighted by atomic mass is 16.1. The molecular weight excluding hydrogens is 240 g/mol. The number of carbonyl (C=O) groups excluding carboxylic acids is 1. The Hall–Kier alpha value is -1.10. The summed E-state index contributed by atoms with van der Waals surface area (Å²) in [6.45, 7) is 12.6. The van der Waals surface area contributed by atoms with Crippen LogP contribution in [0.25, 0.3) is 0 Å². The predicted octanol–water partition coefficient (Wildman–Crippen LogP) is 1.41. The molecule has 0 amide bonds. The van der Waals surface area contributed by atoms with Crippen LogP contribution in [-0.2, 0) is 4.79 Å². The number of guanidine groups is 1. The molecule has 0 fully saturated rings. The van der Waals surface area contributed by atoms with Crippen LogP contribution in [0.5, 0.6) is 0 Å². The van der Waals surface area contributed by atoms with E-state index in [9.17, 15) is 4.79 Å². The van der Waals surface area contributed by atoms with Crippen molar-refractivity contribution in [3.63, 3.8) is 0 Å². The minimum absolute atomic E-state index is 0.0955. The third-order valence-electron chi connectivity index (χ3n) is 2.61. The summed E-state index contributed by atoms with van der Waals surface area (Å²) in [5, 5.41) is 3.39. The molecule has 0 aliphatic heterocycles. The van der Waals surface area contributed by atoms with Gasteiger partial charge in [-0.3, -0.25) is 9.79 Å². The second kappa shape index (κ2) is 6.89. The normalized spacial score (nSPS) is 14.0. The fourth-order valence-electron chi connectivity index (χ4n) is 1.82. The Labute approximate surface area is 117 Å². The minimum atomic E-state index is -0.348. The maximum Gasteiger partial charge on any atom is 0.185 e. The van der Waals surface area contributed by atoms with Crippen molar-refractivity contribution in [3.8, 4) is 0 Å². The summed E-state index contributed by atoms with van der Waals surface area (Å²) >= 11 is 0. The first-order valence-electron chi connectivity index (χ1n) is 6.81. The quantitative estimate of drug-likeness (QED) is 0.386. The average molecular weight is 270 g/mol. The zero-order chi connectivity index (χ0) is 15.3. The molecule has 5 N–H and O–H groups in total. The molecule has 0 aromatic heterocycles. The van der Waals surface area contributed by atoms with Gasteiger partial charge in [0.1, 0.15) is 0 Å². The number of nitrogens with two attached hydrogens (primary N) is 2. The van der Waals surface area contributed by atoms with Gasteiger partial charge in [0.2, 0.25) is 0 Å². The van der Waals surface area contributed by atoms with Crippen molar-refractivity contribution in [2.75, 3.05) is 6.54 Å². The van der Waals surface area contributed by atoms with Crippen LogP contribution in [0.2, 0.25) is 0 Å². The topological polar surface area (TPSA) is 93.5 Å². The molecule has 0 aromatic carbocycles. The summed E-state index contributed by atoms with van der Waals surface area (Å²) in [5.74, 6) is 0.328. The largest absolute Gasteiger partial charge is 0.370 e. The van der Waals surface area contributed by atoms with Crippen molar-refractivity contribution in [2.45, 2.75) is 66.0 Å². The van der Waals surface area contributed by atoms with E-state index >= 15 is 0 Å². The zero-order valence-electron chi connectivity index (χ0n) is 13.2. The molecule has 0 aliphatic rings. The summed E-state index contributed by atoms with van der Waals surface area (Å²) in [7, 11) is 0. The van der Waals surface area contributed by atoms with Gasteiger partial charge < -0.3 is 16.8 Å². The van der Waals surface area contributed by atoms with Crippen LogP contribution in [0, 0.1) is 5.41 Å². The number of aliphatic imine (C=N–C) groups is 1. The Morgan fingerprint density at radius 1 is 1.16 bits per heavy atom.